The molecule has 6 nitrogen and oxygen atoms in total. The lowest BCUT2D eigenvalue weighted by atomic mass is 9.84. The number of hydrogen-bond acceptors (Lipinski definition) is 4. The summed E-state index contributed by atoms with van der Waals surface area (Å²) in [4.78, 5) is 12.1. The van der Waals surface area contributed by atoms with Crippen molar-refractivity contribution in [2.45, 2.75) is 56.4 Å². The third-order valence-electron chi connectivity index (χ3n) is 5.98. The fourth-order valence-electron chi connectivity index (χ4n) is 4.62. The number of carbonyl (C=O) groups excluding carboxylic acids is 1. The monoisotopic (exact) mass is 394 g/mol. The first-order valence-electron chi connectivity index (χ1n) is 9.80. The van der Waals surface area contributed by atoms with Crippen molar-refractivity contribution in [2.24, 2.45) is 17.8 Å². The second kappa shape index (κ2) is 8.71. The van der Waals surface area contributed by atoms with Gasteiger partial charge in [0.2, 0.25) is 15.9 Å². The van der Waals surface area contributed by atoms with Crippen molar-refractivity contribution in [3.8, 4) is 0 Å². The Bertz CT molecular complexity index is 748. The molecule has 2 N–H and O–H groups in total. The summed E-state index contributed by atoms with van der Waals surface area (Å²) in [6.45, 7) is 2.52. The van der Waals surface area contributed by atoms with Gasteiger partial charge in [-0.05, 0) is 74.6 Å². The number of benzene rings is 1. The molecule has 2 bridgehead atoms. The highest BCUT2D eigenvalue weighted by Crippen LogP contribution is 2.49. The van der Waals surface area contributed by atoms with E-state index in [-0.39, 0.29) is 16.8 Å². The molecule has 7 heteroatoms. The molecule has 1 aromatic rings. The predicted octanol–water partition coefficient (Wildman–Crippen LogP) is 3.15. The lowest BCUT2D eigenvalue weighted by Gasteiger charge is -2.28. The fraction of sp³-hybridized carbons (Fsp3) is 0.650. The lowest BCUT2D eigenvalue weighted by Crippen LogP contribution is -2.40. The van der Waals surface area contributed by atoms with Crippen molar-refractivity contribution in [3.05, 3.63) is 24.3 Å². The Kier molecular flexibility index (Phi) is 6.55. The van der Waals surface area contributed by atoms with Gasteiger partial charge in [0.1, 0.15) is 0 Å². The molecule has 3 rings (SSSR count). The summed E-state index contributed by atoms with van der Waals surface area (Å²) in [6, 6.07) is 6.29. The summed E-state index contributed by atoms with van der Waals surface area (Å²) in [6.07, 6.45) is 5.97. The predicted molar refractivity (Wildman–Crippen MR) is 105 cm³/mol. The Labute approximate surface area is 162 Å². The fourth-order valence-corrected chi connectivity index (χ4v) is 5.92. The van der Waals surface area contributed by atoms with Crippen molar-refractivity contribution in [3.63, 3.8) is 0 Å². The van der Waals surface area contributed by atoms with Crippen LogP contribution in [0.5, 0.6) is 0 Å². The van der Waals surface area contributed by atoms with Crippen LogP contribution in [0.1, 0.15) is 45.4 Å². The third kappa shape index (κ3) is 5.09. The Morgan fingerprint density at radius 2 is 1.96 bits per heavy atom. The van der Waals surface area contributed by atoms with E-state index in [2.05, 4.69) is 10.0 Å². The third-order valence-corrected chi connectivity index (χ3v) is 7.55. The van der Waals surface area contributed by atoms with Gasteiger partial charge in [0.05, 0.1) is 4.90 Å². The van der Waals surface area contributed by atoms with Gasteiger partial charge in [-0.2, -0.15) is 0 Å². The van der Waals surface area contributed by atoms with Crippen molar-refractivity contribution < 1.29 is 17.9 Å². The van der Waals surface area contributed by atoms with Crippen LogP contribution in [0.3, 0.4) is 0 Å². The Balaban J connectivity index is 1.56. The van der Waals surface area contributed by atoms with Gasteiger partial charge >= 0.3 is 0 Å². The molecule has 27 heavy (non-hydrogen) atoms. The van der Waals surface area contributed by atoms with Gasteiger partial charge < -0.3 is 10.1 Å². The summed E-state index contributed by atoms with van der Waals surface area (Å²) >= 11 is 0. The highest BCUT2D eigenvalue weighted by atomic mass is 32.2. The summed E-state index contributed by atoms with van der Waals surface area (Å²) in [7, 11) is -1.96. The van der Waals surface area contributed by atoms with Gasteiger partial charge in [-0.3, -0.25) is 4.79 Å². The van der Waals surface area contributed by atoms with Crippen LogP contribution >= 0.6 is 0 Å². The standard InChI is InChI=1S/C20H30N2O4S/c1-14(19-13-15-5-6-16(19)12-15)22-27(24,25)18-9-7-17(8-10-18)21-20(23)4-3-11-26-2/h7-10,14-16,19,22H,3-6,11-13H2,1-2H3,(H,21,23)/t14-,15+,16+,19+/m0/s1. The van der Waals surface area contributed by atoms with Crippen molar-refractivity contribution >= 4 is 21.6 Å². The summed E-state index contributed by atoms with van der Waals surface area (Å²) < 4.78 is 33.2. The number of sulfonamides is 1. The zero-order valence-corrected chi connectivity index (χ0v) is 16.9. The van der Waals surface area contributed by atoms with E-state index in [1.807, 2.05) is 6.92 Å². The molecule has 0 unspecified atom stereocenters. The van der Waals surface area contributed by atoms with Crippen molar-refractivity contribution in [1.29, 1.82) is 0 Å². The van der Waals surface area contributed by atoms with Gasteiger partial charge in [-0.15, -0.1) is 0 Å². The number of hydrogen-bond donors (Lipinski definition) is 2. The molecule has 2 saturated carbocycles. The maximum absolute atomic E-state index is 12.7. The van der Waals surface area contributed by atoms with Gasteiger partial charge in [0.15, 0.2) is 0 Å². The van der Waals surface area contributed by atoms with Crippen LogP contribution in [0, 0.1) is 17.8 Å². The normalized spacial score (nSPS) is 25.5. The molecule has 2 fully saturated rings. The van der Waals surface area contributed by atoms with Gasteiger partial charge in [0.25, 0.3) is 0 Å². The van der Waals surface area contributed by atoms with E-state index >= 15 is 0 Å². The first-order valence-corrected chi connectivity index (χ1v) is 11.3. The number of nitrogens with one attached hydrogen (secondary N) is 2. The highest BCUT2D eigenvalue weighted by molar-refractivity contribution is 7.89. The summed E-state index contributed by atoms with van der Waals surface area (Å²) in [5.41, 5.74) is 0.595. The topological polar surface area (TPSA) is 84.5 Å². The molecule has 2 aliphatic rings. The molecule has 0 aromatic heterocycles. The molecule has 1 aromatic carbocycles. The van der Waals surface area contributed by atoms with Gasteiger partial charge in [-0.25, -0.2) is 13.1 Å². The Hall–Kier alpha value is -1.44. The lowest BCUT2D eigenvalue weighted by molar-refractivity contribution is -0.116. The van der Waals surface area contributed by atoms with Crippen molar-refractivity contribution in [2.75, 3.05) is 19.0 Å². The smallest absolute Gasteiger partial charge is 0.240 e. The Morgan fingerprint density at radius 1 is 1.22 bits per heavy atom. The number of methoxy groups -OCH3 is 1. The molecule has 0 heterocycles. The first-order chi connectivity index (χ1) is 12.9. The van der Waals surface area contributed by atoms with Crippen LogP contribution in [0.15, 0.2) is 29.2 Å². The van der Waals surface area contributed by atoms with E-state index in [0.29, 0.717) is 37.0 Å². The molecule has 0 radical (unpaired) electrons. The van der Waals surface area contributed by atoms with E-state index in [4.69, 9.17) is 4.74 Å². The zero-order chi connectivity index (χ0) is 19.4. The molecule has 1 amide bonds. The molecule has 150 valence electrons. The van der Waals surface area contributed by atoms with E-state index in [1.54, 1.807) is 31.4 Å². The van der Waals surface area contributed by atoms with Crippen LogP contribution < -0.4 is 10.0 Å². The highest BCUT2D eigenvalue weighted by Gasteiger charge is 2.42. The van der Waals surface area contributed by atoms with Gasteiger partial charge in [0, 0.05) is 31.9 Å². The largest absolute Gasteiger partial charge is 0.385 e. The van der Waals surface area contributed by atoms with E-state index in [1.165, 1.54) is 19.3 Å². The number of carbonyl (C=O) groups is 1. The summed E-state index contributed by atoms with van der Waals surface area (Å²) in [5.74, 6) is 1.80. The number of anilines is 1. The number of fused-ring (bicyclic) bond motifs is 2. The maximum atomic E-state index is 12.7. The maximum Gasteiger partial charge on any atom is 0.240 e. The average Bonchev–Trinajstić information content (AvgIpc) is 3.25. The minimum atomic E-state index is -3.56. The number of rotatable bonds is 9. The minimum absolute atomic E-state index is 0.0505. The van der Waals surface area contributed by atoms with Crippen LogP contribution in [0.2, 0.25) is 0 Å². The van der Waals surface area contributed by atoms with E-state index in [9.17, 15) is 13.2 Å². The second-order valence-electron chi connectivity index (χ2n) is 7.92. The molecule has 2 aliphatic carbocycles. The van der Waals surface area contributed by atoms with E-state index < -0.39 is 10.0 Å². The zero-order valence-electron chi connectivity index (χ0n) is 16.1. The summed E-state index contributed by atoms with van der Waals surface area (Å²) in [5, 5.41) is 2.77. The Morgan fingerprint density at radius 3 is 2.56 bits per heavy atom. The molecule has 0 aliphatic heterocycles. The first kappa shape index (κ1) is 20.3. The van der Waals surface area contributed by atoms with Crippen molar-refractivity contribution in [1.82, 2.24) is 4.72 Å². The quantitative estimate of drug-likeness (QED) is 0.630. The number of amides is 1. The SMILES string of the molecule is COCCCC(=O)Nc1ccc(S(=O)(=O)N[C@@H](C)[C@H]2C[C@@H]3CC[C@@H]2C3)cc1. The number of ether oxygens (including phenoxy) is 1. The molecule has 0 spiro atoms. The van der Waals surface area contributed by atoms with Crippen LogP contribution in [-0.2, 0) is 19.6 Å². The molecule has 0 saturated heterocycles. The molecular weight excluding hydrogens is 364 g/mol. The van der Waals surface area contributed by atoms with E-state index in [0.717, 1.165) is 12.3 Å². The van der Waals surface area contributed by atoms with Crippen LogP contribution in [0.25, 0.3) is 0 Å². The molecule has 4 atom stereocenters. The van der Waals surface area contributed by atoms with Gasteiger partial charge in [-0.1, -0.05) is 6.42 Å². The van der Waals surface area contributed by atoms with Crippen LogP contribution in [-0.4, -0.2) is 34.1 Å². The average molecular weight is 395 g/mol. The second-order valence-corrected chi connectivity index (χ2v) is 9.63. The van der Waals surface area contributed by atoms with Crippen LogP contribution in [0.4, 0.5) is 5.69 Å². The molecular formula is C20H30N2O4S. The minimum Gasteiger partial charge on any atom is -0.385 e.